The zero-order valence-corrected chi connectivity index (χ0v) is 10.1. The predicted octanol–water partition coefficient (Wildman–Crippen LogP) is 2.39. The lowest BCUT2D eigenvalue weighted by Gasteiger charge is -2.11. The third-order valence-corrected chi connectivity index (χ3v) is 3.29. The Kier molecular flexibility index (Phi) is 4.22. The van der Waals surface area contributed by atoms with Crippen molar-refractivity contribution in [3.05, 3.63) is 34.9 Å². The molecule has 1 aliphatic rings. The van der Waals surface area contributed by atoms with E-state index in [-0.39, 0.29) is 6.10 Å². The second-order valence-corrected chi connectivity index (χ2v) is 4.87. The van der Waals surface area contributed by atoms with E-state index in [1.54, 1.807) is 0 Å². The van der Waals surface area contributed by atoms with Crippen LogP contribution in [0, 0.1) is 0 Å². The highest BCUT2D eigenvalue weighted by Crippen LogP contribution is 2.19. The van der Waals surface area contributed by atoms with Crippen LogP contribution in [0.3, 0.4) is 0 Å². The second kappa shape index (κ2) is 5.67. The highest BCUT2D eigenvalue weighted by molar-refractivity contribution is 6.31. The molecule has 1 unspecified atom stereocenters. The van der Waals surface area contributed by atoms with Crippen LogP contribution in [-0.4, -0.2) is 23.8 Å². The minimum Gasteiger partial charge on any atom is -0.392 e. The zero-order chi connectivity index (χ0) is 11.4. The Morgan fingerprint density at radius 3 is 2.81 bits per heavy atom. The van der Waals surface area contributed by atoms with Crippen LogP contribution in [0.15, 0.2) is 24.3 Å². The smallest absolute Gasteiger partial charge is 0.0667 e. The molecule has 1 saturated carbocycles. The summed E-state index contributed by atoms with van der Waals surface area (Å²) in [5.74, 6) is 0. The third kappa shape index (κ3) is 3.78. The van der Waals surface area contributed by atoms with E-state index in [0.717, 1.165) is 23.4 Å². The summed E-state index contributed by atoms with van der Waals surface area (Å²) in [6.07, 6.45) is 3.86. The van der Waals surface area contributed by atoms with Gasteiger partial charge in [-0.15, -0.1) is 0 Å². The van der Waals surface area contributed by atoms with Crippen molar-refractivity contribution in [2.24, 2.45) is 0 Å². The molecule has 0 spiro atoms. The van der Waals surface area contributed by atoms with Gasteiger partial charge in [0.05, 0.1) is 6.10 Å². The molecule has 2 N–H and O–H groups in total. The molecular weight excluding hydrogens is 222 g/mol. The van der Waals surface area contributed by atoms with Gasteiger partial charge in [-0.2, -0.15) is 0 Å². The second-order valence-electron chi connectivity index (χ2n) is 4.47. The summed E-state index contributed by atoms with van der Waals surface area (Å²) < 4.78 is 0. The van der Waals surface area contributed by atoms with E-state index in [1.165, 1.54) is 12.8 Å². The topological polar surface area (TPSA) is 32.3 Å². The normalized spacial score (nSPS) is 17.4. The predicted molar refractivity (Wildman–Crippen MR) is 66.8 cm³/mol. The van der Waals surface area contributed by atoms with Gasteiger partial charge < -0.3 is 10.4 Å². The molecule has 3 heteroatoms. The van der Waals surface area contributed by atoms with Gasteiger partial charge in [-0.25, -0.2) is 0 Å². The molecule has 1 aromatic carbocycles. The van der Waals surface area contributed by atoms with Crippen molar-refractivity contribution < 1.29 is 5.11 Å². The lowest BCUT2D eigenvalue weighted by Crippen LogP contribution is -2.28. The molecule has 0 bridgehead atoms. The average molecular weight is 240 g/mol. The molecule has 0 radical (unpaired) electrons. The van der Waals surface area contributed by atoms with Crippen molar-refractivity contribution in [1.82, 2.24) is 5.32 Å². The van der Waals surface area contributed by atoms with Crippen LogP contribution in [0.4, 0.5) is 0 Å². The van der Waals surface area contributed by atoms with E-state index in [0.29, 0.717) is 12.6 Å². The molecule has 1 fully saturated rings. The highest BCUT2D eigenvalue weighted by atomic mass is 35.5. The van der Waals surface area contributed by atoms with Crippen molar-refractivity contribution in [3.8, 4) is 0 Å². The van der Waals surface area contributed by atoms with Crippen LogP contribution >= 0.6 is 11.6 Å². The summed E-state index contributed by atoms with van der Waals surface area (Å²) in [6, 6.07) is 8.48. The minimum atomic E-state index is -0.267. The van der Waals surface area contributed by atoms with Gasteiger partial charge in [-0.05, 0) is 37.3 Å². The molecule has 1 atom stereocenters. The molecule has 0 amide bonds. The van der Waals surface area contributed by atoms with E-state index in [1.807, 2.05) is 24.3 Å². The fourth-order valence-electron chi connectivity index (χ4n) is 1.72. The number of benzene rings is 1. The van der Waals surface area contributed by atoms with Gasteiger partial charge in [0.15, 0.2) is 0 Å². The number of rotatable bonds is 6. The minimum absolute atomic E-state index is 0.267. The number of hydrogen-bond acceptors (Lipinski definition) is 2. The van der Waals surface area contributed by atoms with Crippen molar-refractivity contribution in [2.75, 3.05) is 6.54 Å². The first-order valence-electron chi connectivity index (χ1n) is 5.90. The molecule has 0 aliphatic heterocycles. The zero-order valence-electron chi connectivity index (χ0n) is 9.32. The van der Waals surface area contributed by atoms with Crippen LogP contribution in [-0.2, 0) is 6.42 Å². The molecule has 88 valence electrons. The number of halogens is 1. The summed E-state index contributed by atoms with van der Waals surface area (Å²) in [6.45, 7) is 0.703. The van der Waals surface area contributed by atoms with Gasteiger partial charge in [0.2, 0.25) is 0 Å². The highest BCUT2D eigenvalue weighted by Gasteiger charge is 2.21. The quantitative estimate of drug-likeness (QED) is 0.799. The van der Waals surface area contributed by atoms with E-state index < -0.39 is 0 Å². The van der Waals surface area contributed by atoms with Crippen LogP contribution in [0.25, 0.3) is 0 Å². The van der Waals surface area contributed by atoms with Crippen molar-refractivity contribution in [3.63, 3.8) is 0 Å². The summed E-state index contributed by atoms with van der Waals surface area (Å²) in [4.78, 5) is 0. The Balaban J connectivity index is 1.71. The van der Waals surface area contributed by atoms with E-state index in [9.17, 15) is 5.11 Å². The maximum absolute atomic E-state index is 9.77. The molecule has 16 heavy (non-hydrogen) atoms. The van der Waals surface area contributed by atoms with Gasteiger partial charge in [-0.1, -0.05) is 29.8 Å². The van der Waals surface area contributed by atoms with Crippen LogP contribution < -0.4 is 5.32 Å². The molecule has 0 heterocycles. The molecule has 0 aromatic heterocycles. The van der Waals surface area contributed by atoms with E-state index in [2.05, 4.69) is 5.32 Å². The number of nitrogens with one attached hydrogen (secondary N) is 1. The Labute approximate surface area is 102 Å². The van der Waals surface area contributed by atoms with Gasteiger partial charge in [-0.3, -0.25) is 0 Å². The van der Waals surface area contributed by atoms with Crippen LogP contribution in [0.5, 0.6) is 0 Å². The molecular formula is C13H18ClNO. The maximum atomic E-state index is 9.77. The summed E-state index contributed by atoms with van der Waals surface area (Å²) in [5, 5.41) is 13.9. The lowest BCUT2D eigenvalue weighted by atomic mass is 10.1. The molecule has 0 saturated heterocycles. The molecule has 2 nitrogen and oxygen atoms in total. The molecule has 1 aliphatic carbocycles. The Hall–Kier alpha value is -0.570. The third-order valence-electron chi connectivity index (χ3n) is 2.92. The first kappa shape index (κ1) is 11.9. The Morgan fingerprint density at radius 2 is 2.12 bits per heavy atom. The lowest BCUT2D eigenvalue weighted by molar-refractivity contribution is 0.161. The van der Waals surface area contributed by atoms with E-state index in [4.69, 9.17) is 11.6 Å². The van der Waals surface area contributed by atoms with Gasteiger partial charge >= 0.3 is 0 Å². The van der Waals surface area contributed by atoms with Crippen molar-refractivity contribution >= 4 is 11.6 Å². The van der Waals surface area contributed by atoms with Crippen LogP contribution in [0.2, 0.25) is 5.02 Å². The van der Waals surface area contributed by atoms with Crippen molar-refractivity contribution in [1.29, 1.82) is 0 Å². The van der Waals surface area contributed by atoms with Gasteiger partial charge in [0.25, 0.3) is 0 Å². The Bertz CT molecular complexity index is 338. The fraction of sp³-hybridized carbons (Fsp3) is 0.538. The number of aryl methyl sites for hydroxylation is 1. The van der Waals surface area contributed by atoms with E-state index >= 15 is 0 Å². The standard InChI is InChI=1S/C13H18ClNO/c14-13-4-2-1-3-10(13)5-8-12(16)9-15-11-6-7-11/h1-4,11-12,15-16H,5-9H2. The average Bonchev–Trinajstić information content (AvgIpc) is 3.09. The number of aliphatic hydroxyl groups excluding tert-OH is 1. The Morgan fingerprint density at radius 1 is 1.38 bits per heavy atom. The van der Waals surface area contributed by atoms with Gasteiger partial charge in [0, 0.05) is 17.6 Å². The summed E-state index contributed by atoms with van der Waals surface area (Å²) >= 11 is 6.05. The van der Waals surface area contributed by atoms with Crippen molar-refractivity contribution in [2.45, 2.75) is 37.8 Å². The number of hydrogen-bond donors (Lipinski definition) is 2. The monoisotopic (exact) mass is 239 g/mol. The SMILES string of the molecule is OC(CCc1ccccc1Cl)CNC1CC1. The van der Waals surface area contributed by atoms with Crippen LogP contribution in [0.1, 0.15) is 24.8 Å². The fourth-order valence-corrected chi connectivity index (χ4v) is 1.95. The molecule has 2 rings (SSSR count). The summed E-state index contributed by atoms with van der Waals surface area (Å²) in [7, 11) is 0. The first-order chi connectivity index (χ1) is 7.75. The first-order valence-corrected chi connectivity index (χ1v) is 6.28. The number of aliphatic hydroxyl groups is 1. The molecule has 1 aromatic rings. The summed E-state index contributed by atoms with van der Waals surface area (Å²) in [5.41, 5.74) is 1.12. The maximum Gasteiger partial charge on any atom is 0.0667 e. The van der Waals surface area contributed by atoms with Gasteiger partial charge in [0.1, 0.15) is 0 Å². The largest absolute Gasteiger partial charge is 0.392 e.